The van der Waals surface area contributed by atoms with Gasteiger partial charge in [0.1, 0.15) is 6.61 Å². The van der Waals surface area contributed by atoms with E-state index in [1.165, 1.54) is 0 Å². The minimum absolute atomic E-state index is 0.0151. The van der Waals surface area contributed by atoms with Gasteiger partial charge in [0.2, 0.25) is 5.91 Å². The SMILES string of the molecule is CCCC(=O)Nc1cccc(N2CCOC2=O)c1. The molecule has 1 aliphatic rings. The molecule has 2 amide bonds. The van der Waals surface area contributed by atoms with Crippen molar-refractivity contribution >= 4 is 23.4 Å². The van der Waals surface area contributed by atoms with Crippen LogP contribution < -0.4 is 10.2 Å². The lowest BCUT2D eigenvalue weighted by Crippen LogP contribution is -2.23. The van der Waals surface area contributed by atoms with Crippen LogP contribution in [0.15, 0.2) is 24.3 Å². The summed E-state index contributed by atoms with van der Waals surface area (Å²) in [5, 5.41) is 2.80. The fraction of sp³-hybridized carbons (Fsp3) is 0.385. The van der Waals surface area contributed by atoms with Crippen LogP contribution in [0.3, 0.4) is 0 Å². The Kier molecular flexibility index (Phi) is 3.82. The van der Waals surface area contributed by atoms with Crippen LogP contribution in [-0.4, -0.2) is 25.2 Å². The highest BCUT2D eigenvalue weighted by atomic mass is 16.6. The summed E-state index contributed by atoms with van der Waals surface area (Å²) in [6.45, 7) is 2.91. The number of rotatable bonds is 4. The van der Waals surface area contributed by atoms with Crippen LogP contribution in [0.1, 0.15) is 19.8 Å². The Morgan fingerprint density at radius 1 is 1.50 bits per heavy atom. The van der Waals surface area contributed by atoms with E-state index in [2.05, 4.69) is 5.32 Å². The first-order valence-corrected chi connectivity index (χ1v) is 6.05. The number of benzene rings is 1. The van der Waals surface area contributed by atoms with Crippen LogP contribution in [-0.2, 0) is 9.53 Å². The molecule has 0 bridgehead atoms. The fourth-order valence-electron chi connectivity index (χ4n) is 1.83. The van der Waals surface area contributed by atoms with Gasteiger partial charge in [-0.05, 0) is 24.6 Å². The molecule has 1 saturated heterocycles. The standard InChI is InChI=1S/C13H16N2O3/c1-2-4-12(16)14-10-5-3-6-11(9-10)15-7-8-18-13(15)17/h3,5-6,9H,2,4,7-8H2,1H3,(H,14,16). The number of amides is 2. The lowest BCUT2D eigenvalue weighted by Gasteiger charge is -2.14. The zero-order valence-corrected chi connectivity index (χ0v) is 10.3. The van der Waals surface area contributed by atoms with Crippen LogP contribution in [0.2, 0.25) is 0 Å². The third-order valence-corrected chi connectivity index (χ3v) is 2.68. The number of hydrogen-bond acceptors (Lipinski definition) is 3. The average Bonchev–Trinajstić information content (AvgIpc) is 2.76. The lowest BCUT2D eigenvalue weighted by molar-refractivity contribution is -0.116. The fourth-order valence-corrected chi connectivity index (χ4v) is 1.83. The maximum Gasteiger partial charge on any atom is 0.414 e. The summed E-state index contributed by atoms with van der Waals surface area (Å²) in [5.74, 6) is -0.0151. The highest BCUT2D eigenvalue weighted by molar-refractivity contribution is 5.93. The van der Waals surface area contributed by atoms with Gasteiger partial charge in [0.15, 0.2) is 0 Å². The average molecular weight is 248 g/mol. The van der Waals surface area contributed by atoms with E-state index in [4.69, 9.17) is 4.74 Å². The van der Waals surface area contributed by atoms with E-state index in [0.717, 1.165) is 12.1 Å². The number of anilines is 2. The molecule has 5 heteroatoms. The largest absolute Gasteiger partial charge is 0.447 e. The van der Waals surface area contributed by atoms with E-state index in [-0.39, 0.29) is 12.0 Å². The van der Waals surface area contributed by atoms with E-state index in [1.807, 2.05) is 19.1 Å². The van der Waals surface area contributed by atoms with E-state index in [0.29, 0.717) is 25.3 Å². The van der Waals surface area contributed by atoms with Crippen molar-refractivity contribution in [3.8, 4) is 0 Å². The molecule has 0 unspecified atom stereocenters. The van der Waals surface area contributed by atoms with E-state index in [9.17, 15) is 9.59 Å². The summed E-state index contributed by atoms with van der Waals surface area (Å²) in [4.78, 5) is 24.5. The molecule has 0 spiro atoms. The maximum absolute atomic E-state index is 11.5. The van der Waals surface area contributed by atoms with Gasteiger partial charge >= 0.3 is 6.09 Å². The zero-order valence-electron chi connectivity index (χ0n) is 10.3. The summed E-state index contributed by atoms with van der Waals surface area (Å²) >= 11 is 0. The van der Waals surface area contributed by atoms with Gasteiger partial charge < -0.3 is 10.1 Å². The molecule has 0 aromatic heterocycles. The second-order valence-electron chi connectivity index (χ2n) is 4.11. The van der Waals surface area contributed by atoms with Crippen LogP contribution in [0.25, 0.3) is 0 Å². The van der Waals surface area contributed by atoms with Crippen molar-refractivity contribution in [3.63, 3.8) is 0 Å². The maximum atomic E-state index is 11.5. The Balaban J connectivity index is 2.10. The summed E-state index contributed by atoms with van der Waals surface area (Å²) in [6, 6.07) is 7.21. The zero-order chi connectivity index (χ0) is 13.0. The highest BCUT2D eigenvalue weighted by Crippen LogP contribution is 2.22. The summed E-state index contributed by atoms with van der Waals surface area (Å²) in [5.41, 5.74) is 1.44. The monoisotopic (exact) mass is 248 g/mol. The van der Waals surface area contributed by atoms with Crippen molar-refractivity contribution in [1.29, 1.82) is 0 Å². The number of cyclic esters (lactones) is 1. The number of nitrogens with one attached hydrogen (secondary N) is 1. The predicted molar refractivity (Wildman–Crippen MR) is 68.7 cm³/mol. The van der Waals surface area contributed by atoms with Crippen molar-refractivity contribution in [2.75, 3.05) is 23.4 Å². The van der Waals surface area contributed by atoms with Gasteiger partial charge in [0.05, 0.1) is 6.54 Å². The molecule has 1 N–H and O–H groups in total. The molecule has 1 heterocycles. The smallest absolute Gasteiger partial charge is 0.414 e. The number of ether oxygens (including phenoxy) is 1. The van der Waals surface area contributed by atoms with Crippen molar-refractivity contribution in [3.05, 3.63) is 24.3 Å². The third kappa shape index (κ3) is 2.80. The van der Waals surface area contributed by atoms with Gasteiger partial charge in [0, 0.05) is 17.8 Å². The normalized spacial score (nSPS) is 14.5. The molecule has 0 atom stereocenters. The number of nitrogens with zero attached hydrogens (tertiary/aromatic N) is 1. The van der Waals surface area contributed by atoms with Crippen LogP contribution in [0.4, 0.5) is 16.2 Å². The van der Waals surface area contributed by atoms with Crippen LogP contribution in [0.5, 0.6) is 0 Å². The topological polar surface area (TPSA) is 58.6 Å². The van der Waals surface area contributed by atoms with Crippen LogP contribution in [0, 0.1) is 0 Å². The Labute approximate surface area is 106 Å². The number of carbonyl (C=O) groups excluding carboxylic acids is 2. The molecule has 1 aromatic rings. The van der Waals surface area contributed by atoms with Crippen molar-refractivity contribution < 1.29 is 14.3 Å². The van der Waals surface area contributed by atoms with Gasteiger partial charge in [0.25, 0.3) is 0 Å². The quantitative estimate of drug-likeness (QED) is 0.890. The predicted octanol–water partition coefficient (Wildman–Crippen LogP) is 2.38. The lowest BCUT2D eigenvalue weighted by atomic mass is 10.2. The summed E-state index contributed by atoms with van der Waals surface area (Å²) in [6.07, 6.45) is 0.965. The Hall–Kier alpha value is -2.04. The molecular weight excluding hydrogens is 232 g/mol. The van der Waals surface area contributed by atoms with Crippen molar-refractivity contribution in [1.82, 2.24) is 0 Å². The summed E-state index contributed by atoms with van der Waals surface area (Å²) < 4.78 is 4.88. The highest BCUT2D eigenvalue weighted by Gasteiger charge is 2.23. The molecule has 0 aliphatic carbocycles. The first-order chi connectivity index (χ1) is 8.70. The van der Waals surface area contributed by atoms with E-state index < -0.39 is 0 Å². The Morgan fingerprint density at radius 2 is 2.33 bits per heavy atom. The molecule has 96 valence electrons. The molecule has 0 saturated carbocycles. The van der Waals surface area contributed by atoms with Crippen molar-refractivity contribution in [2.45, 2.75) is 19.8 Å². The van der Waals surface area contributed by atoms with Gasteiger partial charge in [-0.15, -0.1) is 0 Å². The third-order valence-electron chi connectivity index (χ3n) is 2.68. The molecule has 18 heavy (non-hydrogen) atoms. The van der Waals surface area contributed by atoms with Crippen molar-refractivity contribution in [2.24, 2.45) is 0 Å². The second-order valence-corrected chi connectivity index (χ2v) is 4.11. The number of hydrogen-bond donors (Lipinski definition) is 1. The Morgan fingerprint density at radius 3 is 3.00 bits per heavy atom. The molecule has 0 radical (unpaired) electrons. The first-order valence-electron chi connectivity index (χ1n) is 6.05. The number of carbonyl (C=O) groups is 2. The summed E-state index contributed by atoms with van der Waals surface area (Å²) in [7, 11) is 0. The molecule has 1 fully saturated rings. The molecule has 5 nitrogen and oxygen atoms in total. The second kappa shape index (κ2) is 5.53. The van der Waals surface area contributed by atoms with E-state index in [1.54, 1.807) is 17.0 Å². The van der Waals surface area contributed by atoms with Gasteiger partial charge in [-0.25, -0.2) is 4.79 Å². The van der Waals surface area contributed by atoms with Gasteiger partial charge in [-0.2, -0.15) is 0 Å². The Bertz CT molecular complexity index is 459. The molecule has 2 rings (SSSR count). The minimum Gasteiger partial charge on any atom is -0.447 e. The van der Waals surface area contributed by atoms with Gasteiger partial charge in [-0.3, -0.25) is 9.69 Å². The molecule has 1 aliphatic heterocycles. The molecular formula is C13H16N2O3. The van der Waals surface area contributed by atoms with Gasteiger partial charge in [-0.1, -0.05) is 13.0 Å². The minimum atomic E-state index is -0.341. The van der Waals surface area contributed by atoms with E-state index >= 15 is 0 Å². The van der Waals surface area contributed by atoms with Crippen LogP contribution >= 0.6 is 0 Å². The first kappa shape index (κ1) is 12.4. The molecule has 1 aromatic carbocycles.